The van der Waals surface area contributed by atoms with Gasteiger partial charge in [-0.3, -0.25) is 14.9 Å². The number of hydrogen-bond donors (Lipinski definition) is 0. The van der Waals surface area contributed by atoms with Crippen molar-refractivity contribution in [2.45, 2.75) is 26.4 Å². The fraction of sp³-hybridized carbons (Fsp3) is 0.333. The Balaban J connectivity index is 2.09. The van der Waals surface area contributed by atoms with Gasteiger partial charge in [0.1, 0.15) is 0 Å². The Hall–Kier alpha value is -1.74. The van der Waals surface area contributed by atoms with Crippen LogP contribution in [-0.4, -0.2) is 21.9 Å². The second-order valence-electron chi connectivity index (χ2n) is 4.59. The fourth-order valence-electron chi connectivity index (χ4n) is 1.94. The van der Waals surface area contributed by atoms with Gasteiger partial charge in [0.2, 0.25) is 0 Å². The molecule has 3 heteroatoms. The van der Waals surface area contributed by atoms with Crippen LogP contribution in [0.1, 0.15) is 29.9 Å². The number of nitrogens with zero attached hydrogens (tertiary/aromatic N) is 3. The molecule has 0 saturated heterocycles. The summed E-state index contributed by atoms with van der Waals surface area (Å²) < 4.78 is 0. The van der Waals surface area contributed by atoms with Gasteiger partial charge < -0.3 is 0 Å². The van der Waals surface area contributed by atoms with Gasteiger partial charge in [-0.25, -0.2) is 0 Å². The van der Waals surface area contributed by atoms with Crippen LogP contribution in [0.15, 0.2) is 42.7 Å². The van der Waals surface area contributed by atoms with Gasteiger partial charge in [0.15, 0.2) is 0 Å². The summed E-state index contributed by atoms with van der Waals surface area (Å²) in [4.78, 5) is 11.0. The summed E-state index contributed by atoms with van der Waals surface area (Å²) in [6.45, 7) is 5.11. The van der Waals surface area contributed by atoms with Crippen molar-refractivity contribution < 1.29 is 0 Å². The first-order chi connectivity index (χ1) is 8.68. The van der Waals surface area contributed by atoms with Gasteiger partial charge >= 0.3 is 0 Å². The molecule has 0 unspecified atom stereocenters. The molecule has 2 rings (SSSR count). The first-order valence-electron chi connectivity index (χ1n) is 6.20. The highest BCUT2D eigenvalue weighted by molar-refractivity contribution is 5.18. The van der Waals surface area contributed by atoms with Gasteiger partial charge in [-0.2, -0.15) is 0 Å². The Morgan fingerprint density at radius 3 is 2.56 bits per heavy atom. The highest BCUT2D eigenvalue weighted by Gasteiger charge is 2.13. The summed E-state index contributed by atoms with van der Waals surface area (Å²) in [5.41, 5.74) is 3.46. The number of rotatable bonds is 4. The smallest absolute Gasteiger partial charge is 0.0572 e. The Kier molecular flexibility index (Phi) is 4.05. The van der Waals surface area contributed by atoms with Gasteiger partial charge in [0.05, 0.1) is 5.69 Å². The van der Waals surface area contributed by atoms with Crippen LogP contribution in [0, 0.1) is 6.92 Å². The molecule has 3 nitrogen and oxygen atoms in total. The van der Waals surface area contributed by atoms with E-state index in [0.29, 0.717) is 6.04 Å². The zero-order valence-corrected chi connectivity index (χ0v) is 11.2. The Labute approximate surface area is 109 Å². The van der Waals surface area contributed by atoms with Crippen LogP contribution in [0.4, 0.5) is 0 Å². The van der Waals surface area contributed by atoms with Crippen LogP contribution in [0.25, 0.3) is 0 Å². The molecular formula is C15H19N3. The molecule has 0 amide bonds. The Morgan fingerprint density at radius 1 is 1.11 bits per heavy atom. The zero-order valence-electron chi connectivity index (χ0n) is 11.2. The molecule has 0 aliphatic carbocycles. The Morgan fingerprint density at radius 2 is 1.89 bits per heavy atom. The average molecular weight is 241 g/mol. The van der Waals surface area contributed by atoms with Crippen LogP contribution in [0.5, 0.6) is 0 Å². The second-order valence-corrected chi connectivity index (χ2v) is 4.59. The molecule has 2 aromatic rings. The summed E-state index contributed by atoms with van der Waals surface area (Å²) >= 11 is 0. The molecule has 0 fully saturated rings. The standard InChI is InChI=1S/C15H19N3/c1-12-14(7-6-10-16-12)11-18(3)13(2)15-8-4-5-9-17-15/h4-10,13H,11H2,1-3H3/t13-/m1/s1. The summed E-state index contributed by atoms with van der Waals surface area (Å²) in [6, 6.07) is 10.5. The van der Waals surface area contributed by atoms with E-state index in [1.807, 2.05) is 30.6 Å². The number of pyridine rings is 2. The lowest BCUT2D eigenvalue weighted by molar-refractivity contribution is 0.248. The SMILES string of the molecule is Cc1ncccc1CN(C)[C@H](C)c1ccccn1. The highest BCUT2D eigenvalue weighted by Crippen LogP contribution is 2.19. The first kappa shape index (κ1) is 12.7. The van der Waals surface area contributed by atoms with Gasteiger partial charge in [0.25, 0.3) is 0 Å². The van der Waals surface area contributed by atoms with Gasteiger partial charge in [0, 0.05) is 30.7 Å². The third-order valence-corrected chi connectivity index (χ3v) is 3.31. The van der Waals surface area contributed by atoms with E-state index in [1.165, 1.54) is 5.56 Å². The van der Waals surface area contributed by atoms with Crippen molar-refractivity contribution in [2.24, 2.45) is 0 Å². The molecule has 2 aromatic heterocycles. The van der Waals surface area contributed by atoms with E-state index in [4.69, 9.17) is 0 Å². The monoisotopic (exact) mass is 241 g/mol. The van der Waals surface area contributed by atoms with Gasteiger partial charge in [-0.1, -0.05) is 12.1 Å². The molecule has 2 heterocycles. The number of aromatic nitrogens is 2. The van der Waals surface area contributed by atoms with Crippen molar-refractivity contribution in [2.75, 3.05) is 7.05 Å². The molecule has 0 N–H and O–H groups in total. The maximum absolute atomic E-state index is 4.41. The topological polar surface area (TPSA) is 29.0 Å². The molecule has 0 bridgehead atoms. The average Bonchev–Trinajstić information content (AvgIpc) is 2.41. The van der Waals surface area contributed by atoms with Crippen LogP contribution in [-0.2, 0) is 6.54 Å². The minimum atomic E-state index is 0.297. The van der Waals surface area contributed by atoms with E-state index < -0.39 is 0 Å². The molecule has 0 spiro atoms. The molecule has 1 atom stereocenters. The highest BCUT2D eigenvalue weighted by atomic mass is 15.1. The summed E-state index contributed by atoms with van der Waals surface area (Å²) in [5, 5.41) is 0. The van der Waals surface area contributed by atoms with Crippen molar-refractivity contribution in [3.63, 3.8) is 0 Å². The largest absolute Gasteiger partial charge is 0.294 e. The molecule has 0 aliphatic heterocycles. The molecule has 94 valence electrons. The van der Waals surface area contributed by atoms with Crippen LogP contribution in [0.3, 0.4) is 0 Å². The van der Waals surface area contributed by atoms with E-state index in [0.717, 1.165) is 17.9 Å². The first-order valence-corrected chi connectivity index (χ1v) is 6.20. The molecule has 0 aliphatic rings. The van der Waals surface area contributed by atoms with Crippen molar-refractivity contribution in [3.05, 3.63) is 59.7 Å². The third kappa shape index (κ3) is 2.93. The van der Waals surface area contributed by atoms with Gasteiger partial charge in [-0.05, 0) is 44.7 Å². The second kappa shape index (κ2) is 5.74. The van der Waals surface area contributed by atoms with Crippen molar-refractivity contribution >= 4 is 0 Å². The molecule has 0 radical (unpaired) electrons. The quantitative estimate of drug-likeness (QED) is 0.824. The van der Waals surface area contributed by atoms with Gasteiger partial charge in [-0.15, -0.1) is 0 Å². The van der Waals surface area contributed by atoms with Crippen LogP contribution < -0.4 is 0 Å². The number of hydrogen-bond acceptors (Lipinski definition) is 3. The fourth-order valence-corrected chi connectivity index (χ4v) is 1.94. The van der Waals surface area contributed by atoms with E-state index in [9.17, 15) is 0 Å². The summed E-state index contributed by atoms with van der Waals surface area (Å²) in [7, 11) is 2.12. The van der Waals surface area contributed by atoms with Crippen molar-refractivity contribution in [1.29, 1.82) is 0 Å². The summed E-state index contributed by atoms with van der Waals surface area (Å²) in [5.74, 6) is 0. The molecule has 0 aromatic carbocycles. The molecular weight excluding hydrogens is 222 g/mol. The predicted octanol–water partition coefficient (Wildman–Crippen LogP) is 2.98. The maximum atomic E-state index is 4.41. The van der Waals surface area contributed by atoms with E-state index in [2.05, 4.69) is 47.9 Å². The molecule has 18 heavy (non-hydrogen) atoms. The van der Waals surface area contributed by atoms with E-state index >= 15 is 0 Å². The zero-order chi connectivity index (χ0) is 13.0. The van der Waals surface area contributed by atoms with Crippen molar-refractivity contribution in [1.82, 2.24) is 14.9 Å². The number of aryl methyl sites for hydroxylation is 1. The Bertz CT molecular complexity index is 496. The lowest BCUT2D eigenvalue weighted by atomic mass is 10.1. The molecule has 0 saturated carbocycles. The van der Waals surface area contributed by atoms with E-state index in [-0.39, 0.29) is 0 Å². The lowest BCUT2D eigenvalue weighted by Crippen LogP contribution is -2.23. The maximum Gasteiger partial charge on any atom is 0.0572 e. The minimum absolute atomic E-state index is 0.297. The third-order valence-electron chi connectivity index (χ3n) is 3.31. The minimum Gasteiger partial charge on any atom is -0.294 e. The van der Waals surface area contributed by atoms with Crippen LogP contribution in [0.2, 0.25) is 0 Å². The van der Waals surface area contributed by atoms with Crippen LogP contribution >= 0.6 is 0 Å². The van der Waals surface area contributed by atoms with Crippen molar-refractivity contribution in [3.8, 4) is 0 Å². The van der Waals surface area contributed by atoms with E-state index in [1.54, 1.807) is 0 Å². The predicted molar refractivity (Wildman–Crippen MR) is 73.1 cm³/mol. The normalized spacial score (nSPS) is 12.7. The lowest BCUT2D eigenvalue weighted by Gasteiger charge is -2.24. The summed E-state index contributed by atoms with van der Waals surface area (Å²) in [6.07, 6.45) is 3.68.